The summed E-state index contributed by atoms with van der Waals surface area (Å²) in [5.41, 5.74) is 0.882. The standard InChI is InChI=1S/C13H18ClNO/c1-9-2-4-12(6-9)15-8-10-7-11(14)3-5-13(10)16/h3,5,7,9,12,15-16H,2,4,6,8H2,1H3. The highest BCUT2D eigenvalue weighted by Gasteiger charge is 2.20. The van der Waals surface area contributed by atoms with Gasteiger partial charge in [-0.1, -0.05) is 18.5 Å². The Morgan fingerprint density at radius 3 is 2.94 bits per heavy atom. The summed E-state index contributed by atoms with van der Waals surface area (Å²) in [6, 6.07) is 5.77. The molecule has 0 spiro atoms. The first kappa shape index (κ1) is 11.7. The molecule has 3 heteroatoms. The molecule has 0 radical (unpaired) electrons. The van der Waals surface area contributed by atoms with Crippen molar-refractivity contribution in [3.8, 4) is 5.75 Å². The number of benzene rings is 1. The van der Waals surface area contributed by atoms with Crippen LogP contribution in [0.4, 0.5) is 0 Å². The Morgan fingerprint density at radius 2 is 2.25 bits per heavy atom. The van der Waals surface area contributed by atoms with Gasteiger partial charge in [-0.3, -0.25) is 0 Å². The van der Waals surface area contributed by atoms with Gasteiger partial charge in [0.25, 0.3) is 0 Å². The average molecular weight is 240 g/mol. The molecule has 2 rings (SSSR count). The van der Waals surface area contributed by atoms with Gasteiger partial charge < -0.3 is 10.4 Å². The van der Waals surface area contributed by atoms with Gasteiger partial charge >= 0.3 is 0 Å². The molecule has 0 aromatic heterocycles. The van der Waals surface area contributed by atoms with E-state index in [1.807, 2.05) is 6.07 Å². The van der Waals surface area contributed by atoms with E-state index < -0.39 is 0 Å². The fourth-order valence-electron chi connectivity index (χ4n) is 2.34. The van der Waals surface area contributed by atoms with Gasteiger partial charge in [-0.05, 0) is 43.4 Å². The lowest BCUT2D eigenvalue weighted by molar-refractivity contribution is 0.453. The molecule has 0 amide bonds. The van der Waals surface area contributed by atoms with Crippen molar-refractivity contribution in [3.63, 3.8) is 0 Å². The average Bonchev–Trinajstić information content (AvgIpc) is 2.66. The molecule has 1 aromatic carbocycles. The Labute approximate surface area is 102 Å². The Balaban J connectivity index is 1.91. The van der Waals surface area contributed by atoms with Crippen molar-refractivity contribution in [1.82, 2.24) is 5.32 Å². The Bertz CT molecular complexity index is 367. The quantitative estimate of drug-likeness (QED) is 0.848. The maximum atomic E-state index is 9.66. The topological polar surface area (TPSA) is 32.3 Å². The van der Waals surface area contributed by atoms with Gasteiger partial charge in [-0.15, -0.1) is 0 Å². The summed E-state index contributed by atoms with van der Waals surface area (Å²) >= 11 is 5.90. The lowest BCUT2D eigenvalue weighted by atomic mass is 10.1. The molecule has 1 aliphatic carbocycles. The Morgan fingerprint density at radius 1 is 1.44 bits per heavy atom. The number of phenolic OH excluding ortho intramolecular Hbond substituents is 1. The Kier molecular flexibility index (Phi) is 3.72. The summed E-state index contributed by atoms with van der Waals surface area (Å²) in [5, 5.41) is 13.8. The maximum Gasteiger partial charge on any atom is 0.120 e. The SMILES string of the molecule is CC1CCC(NCc2cc(Cl)ccc2O)C1. The fraction of sp³-hybridized carbons (Fsp3) is 0.538. The van der Waals surface area contributed by atoms with Crippen molar-refractivity contribution in [2.75, 3.05) is 0 Å². The molecule has 1 aliphatic rings. The number of nitrogens with one attached hydrogen (secondary N) is 1. The minimum absolute atomic E-state index is 0.322. The van der Waals surface area contributed by atoms with Gasteiger partial charge in [0.2, 0.25) is 0 Å². The highest BCUT2D eigenvalue weighted by molar-refractivity contribution is 6.30. The summed E-state index contributed by atoms with van der Waals surface area (Å²) in [4.78, 5) is 0. The fourth-order valence-corrected chi connectivity index (χ4v) is 2.54. The number of hydrogen-bond donors (Lipinski definition) is 2. The van der Waals surface area contributed by atoms with Crippen LogP contribution in [0, 0.1) is 5.92 Å². The first-order valence-corrected chi connectivity index (χ1v) is 6.23. The van der Waals surface area contributed by atoms with Crippen LogP contribution in [-0.2, 0) is 6.54 Å². The molecule has 0 heterocycles. The van der Waals surface area contributed by atoms with Crippen molar-refractivity contribution < 1.29 is 5.11 Å². The van der Waals surface area contributed by atoms with E-state index in [9.17, 15) is 5.11 Å². The van der Waals surface area contributed by atoms with E-state index in [0.717, 1.165) is 11.5 Å². The lowest BCUT2D eigenvalue weighted by Gasteiger charge is -2.13. The van der Waals surface area contributed by atoms with Gasteiger partial charge in [-0.2, -0.15) is 0 Å². The predicted molar refractivity (Wildman–Crippen MR) is 66.8 cm³/mol. The van der Waals surface area contributed by atoms with Crippen LogP contribution in [0.25, 0.3) is 0 Å². The summed E-state index contributed by atoms with van der Waals surface area (Å²) in [7, 11) is 0. The van der Waals surface area contributed by atoms with Crippen molar-refractivity contribution in [1.29, 1.82) is 0 Å². The summed E-state index contributed by atoms with van der Waals surface area (Å²) in [6.07, 6.45) is 3.78. The van der Waals surface area contributed by atoms with Crippen LogP contribution >= 0.6 is 11.6 Å². The van der Waals surface area contributed by atoms with Crippen LogP contribution in [0.5, 0.6) is 5.75 Å². The van der Waals surface area contributed by atoms with E-state index in [-0.39, 0.29) is 0 Å². The van der Waals surface area contributed by atoms with Gasteiger partial charge in [0.1, 0.15) is 5.75 Å². The van der Waals surface area contributed by atoms with Gasteiger partial charge in [0, 0.05) is 23.2 Å². The van der Waals surface area contributed by atoms with Gasteiger partial charge in [-0.25, -0.2) is 0 Å². The molecule has 2 unspecified atom stereocenters. The minimum atomic E-state index is 0.322. The second-order valence-electron chi connectivity index (χ2n) is 4.77. The largest absolute Gasteiger partial charge is 0.508 e. The second kappa shape index (κ2) is 5.07. The molecular formula is C13H18ClNO. The predicted octanol–water partition coefficient (Wildman–Crippen LogP) is 3.32. The first-order valence-electron chi connectivity index (χ1n) is 5.86. The van der Waals surface area contributed by atoms with E-state index in [0.29, 0.717) is 23.4 Å². The molecule has 1 saturated carbocycles. The molecule has 0 saturated heterocycles. The third-order valence-corrected chi connectivity index (χ3v) is 3.55. The smallest absolute Gasteiger partial charge is 0.120 e. The summed E-state index contributed by atoms with van der Waals surface area (Å²) < 4.78 is 0. The van der Waals surface area contributed by atoms with Crippen LogP contribution < -0.4 is 5.32 Å². The van der Waals surface area contributed by atoms with Crippen LogP contribution in [0.2, 0.25) is 5.02 Å². The zero-order valence-corrected chi connectivity index (χ0v) is 10.3. The van der Waals surface area contributed by atoms with E-state index in [2.05, 4.69) is 12.2 Å². The third kappa shape index (κ3) is 2.89. The number of phenols is 1. The van der Waals surface area contributed by atoms with Crippen LogP contribution in [0.1, 0.15) is 31.7 Å². The molecule has 2 nitrogen and oxygen atoms in total. The molecule has 1 aromatic rings. The van der Waals surface area contributed by atoms with Crippen molar-refractivity contribution in [3.05, 3.63) is 28.8 Å². The molecule has 2 atom stereocenters. The molecule has 88 valence electrons. The van der Waals surface area contributed by atoms with E-state index in [1.165, 1.54) is 19.3 Å². The van der Waals surface area contributed by atoms with Crippen LogP contribution in [0.15, 0.2) is 18.2 Å². The number of hydrogen-bond acceptors (Lipinski definition) is 2. The molecule has 16 heavy (non-hydrogen) atoms. The van der Waals surface area contributed by atoms with E-state index in [1.54, 1.807) is 12.1 Å². The van der Waals surface area contributed by atoms with Crippen LogP contribution in [0.3, 0.4) is 0 Å². The summed E-state index contributed by atoms with van der Waals surface area (Å²) in [5.74, 6) is 1.15. The minimum Gasteiger partial charge on any atom is -0.508 e. The van der Waals surface area contributed by atoms with Crippen LogP contribution in [-0.4, -0.2) is 11.1 Å². The lowest BCUT2D eigenvalue weighted by Crippen LogP contribution is -2.25. The normalized spacial score (nSPS) is 24.9. The summed E-state index contributed by atoms with van der Waals surface area (Å²) in [6.45, 7) is 2.99. The van der Waals surface area contributed by atoms with Gasteiger partial charge in [0.15, 0.2) is 0 Å². The maximum absolute atomic E-state index is 9.66. The number of aromatic hydroxyl groups is 1. The first-order chi connectivity index (χ1) is 7.65. The molecule has 0 aliphatic heterocycles. The van der Waals surface area contributed by atoms with Crippen molar-refractivity contribution in [2.24, 2.45) is 5.92 Å². The third-order valence-electron chi connectivity index (χ3n) is 3.32. The Hall–Kier alpha value is -0.730. The molecule has 0 bridgehead atoms. The second-order valence-corrected chi connectivity index (χ2v) is 5.21. The monoisotopic (exact) mass is 239 g/mol. The molecule has 2 N–H and O–H groups in total. The number of halogens is 1. The van der Waals surface area contributed by atoms with E-state index >= 15 is 0 Å². The number of rotatable bonds is 3. The molecular weight excluding hydrogens is 222 g/mol. The van der Waals surface area contributed by atoms with Crippen molar-refractivity contribution >= 4 is 11.6 Å². The zero-order chi connectivity index (χ0) is 11.5. The highest BCUT2D eigenvalue weighted by Crippen LogP contribution is 2.26. The van der Waals surface area contributed by atoms with Crippen molar-refractivity contribution in [2.45, 2.75) is 38.8 Å². The highest BCUT2D eigenvalue weighted by atomic mass is 35.5. The van der Waals surface area contributed by atoms with Gasteiger partial charge in [0.05, 0.1) is 0 Å². The zero-order valence-electron chi connectivity index (χ0n) is 9.54. The van der Waals surface area contributed by atoms with E-state index in [4.69, 9.17) is 11.6 Å². The molecule has 1 fully saturated rings.